The van der Waals surface area contributed by atoms with Crippen LogP contribution >= 0.6 is 15.9 Å². The number of benzene rings is 1. The van der Waals surface area contributed by atoms with Gasteiger partial charge in [-0.05, 0) is 22.0 Å². The molecule has 1 N–H and O–H groups in total. The fourth-order valence-corrected chi connectivity index (χ4v) is 1.76. The number of halogens is 3. The van der Waals surface area contributed by atoms with E-state index in [0.29, 0.717) is 6.54 Å². The molecule has 0 saturated heterocycles. The van der Waals surface area contributed by atoms with Crippen LogP contribution in [-0.2, 0) is 13.6 Å². The third-order valence-electron chi connectivity index (χ3n) is 2.25. The average molecular weight is 302 g/mol. The summed E-state index contributed by atoms with van der Waals surface area (Å²) in [6.45, 7) is 0.433. The molecule has 1 heterocycles. The predicted molar refractivity (Wildman–Crippen MR) is 64.6 cm³/mol. The molecule has 0 aliphatic carbocycles. The number of nitrogens with one attached hydrogen (secondary N) is 1. The van der Waals surface area contributed by atoms with Crippen molar-refractivity contribution in [3.05, 3.63) is 46.2 Å². The highest BCUT2D eigenvalue weighted by Crippen LogP contribution is 2.23. The maximum Gasteiger partial charge on any atom is 0.149 e. The molecular formula is C11H10BrF2N3. The maximum atomic E-state index is 13.4. The molecule has 3 nitrogen and oxygen atoms in total. The Kier molecular flexibility index (Phi) is 3.42. The standard InChI is InChI=1S/C11H10BrF2N3/c1-17-6-7(5-16-17)4-15-11-2-8(12)9(13)3-10(11)14/h2-3,5-6,15H,4H2,1H3. The van der Waals surface area contributed by atoms with Crippen LogP contribution in [0.5, 0.6) is 0 Å². The minimum Gasteiger partial charge on any atom is -0.378 e. The van der Waals surface area contributed by atoms with E-state index in [1.807, 2.05) is 6.20 Å². The van der Waals surface area contributed by atoms with Crippen molar-refractivity contribution in [3.63, 3.8) is 0 Å². The molecule has 1 aromatic heterocycles. The Bertz CT molecular complexity index is 540. The highest BCUT2D eigenvalue weighted by atomic mass is 79.9. The smallest absolute Gasteiger partial charge is 0.149 e. The van der Waals surface area contributed by atoms with Gasteiger partial charge in [0.25, 0.3) is 0 Å². The van der Waals surface area contributed by atoms with Crippen molar-refractivity contribution in [2.75, 3.05) is 5.32 Å². The van der Waals surface area contributed by atoms with E-state index < -0.39 is 11.6 Å². The molecule has 0 fully saturated rings. The van der Waals surface area contributed by atoms with Crippen molar-refractivity contribution < 1.29 is 8.78 Å². The second-order valence-electron chi connectivity index (χ2n) is 3.62. The molecule has 0 bridgehead atoms. The Morgan fingerprint density at radius 3 is 2.76 bits per heavy atom. The number of rotatable bonds is 3. The summed E-state index contributed by atoms with van der Waals surface area (Å²) in [5.41, 5.74) is 1.18. The van der Waals surface area contributed by atoms with Crippen LogP contribution in [0.15, 0.2) is 29.0 Å². The van der Waals surface area contributed by atoms with Gasteiger partial charge in [-0.15, -0.1) is 0 Å². The van der Waals surface area contributed by atoms with Gasteiger partial charge in [-0.1, -0.05) is 0 Å². The zero-order chi connectivity index (χ0) is 12.4. The van der Waals surface area contributed by atoms with Crippen molar-refractivity contribution in [2.24, 2.45) is 7.05 Å². The summed E-state index contributed by atoms with van der Waals surface area (Å²) < 4.78 is 28.3. The number of anilines is 1. The number of hydrogen-bond acceptors (Lipinski definition) is 2. The summed E-state index contributed by atoms with van der Waals surface area (Å²) in [5, 5.41) is 6.88. The van der Waals surface area contributed by atoms with Gasteiger partial charge in [-0.2, -0.15) is 5.10 Å². The Labute approximate surface area is 106 Å². The van der Waals surface area contributed by atoms with Gasteiger partial charge in [-0.25, -0.2) is 8.78 Å². The lowest BCUT2D eigenvalue weighted by molar-refractivity contribution is 0.580. The van der Waals surface area contributed by atoms with Crippen molar-refractivity contribution in [2.45, 2.75) is 6.54 Å². The molecule has 17 heavy (non-hydrogen) atoms. The molecule has 2 aromatic rings. The normalized spacial score (nSPS) is 10.6. The molecule has 0 amide bonds. The topological polar surface area (TPSA) is 29.9 Å². The molecule has 0 spiro atoms. The Morgan fingerprint density at radius 1 is 1.35 bits per heavy atom. The Morgan fingerprint density at radius 2 is 2.12 bits per heavy atom. The molecule has 1 aromatic carbocycles. The number of aryl methyl sites for hydroxylation is 1. The van der Waals surface area contributed by atoms with E-state index in [1.165, 1.54) is 6.07 Å². The molecule has 0 unspecified atom stereocenters. The minimum atomic E-state index is -0.616. The summed E-state index contributed by atoms with van der Waals surface area (Å²) in [6.07, 6.45) is 3.51. The minimum absolute atomic E-state index is 0.229. The number of aromatic nitrogens is 2. The van der Waals surface area contributed by atoms with Crippen molar-refractivity contribution >= 4 is 21.6 Å². The fraction of sp³-hybridized carbons (Fsp3) is 0.182. The molecule has 0 saturated carbocycles. The molecule has 2 rings (SSSR count). The lowest BCUT2D eigenvalue weighted by Crippen LogP contribution is -2.01. The second-order valence-corrected chi connectivity index (χ2v) is 4.48. The summed E-state index contributed by atoms with van der Waals surface area (Å²) >= 11 is 3.01. The van der Waals surface area contributed by atoms with Crippen LogP contribution < -0.4 is 5.32 Å². The first-order valence-corrected chi connectivity index (χ1v) is 5.71. The van der Waals surface area contributed by atoms with Crippen molar-refractivity contribution in [3.8, 4) is 0 Å². The summed E-state index contributed by atoms with van der Waals surface area (Å²) in [7, 11) is 1.80. The third-order valence-corrected chi connectivity index (χ3v) is 2.86. The lowest BCUT2D eigenvalue weighted by atomic mass is 10.2. The lowest BCUT2D eigenvalue weighted by Gasteiger charge is -2.07. The maximum absolute atomic E-state index is 13.4. The first-order valence-electron chi connectivity index (χ1n) is 4.92. The van der Waals surface area contributed by atoms with E-state index in [1.54, 1.807) is 17.9 Å². The fourth-order valence-electron chi connectivity index (χ4n) is 1.42. The SMILES string of the molecule is Cn1cc(CNc2cc(Br)c(F)cc2F)cn1. The first-order chi connectivity index (χ1) is 8.06. The zero-order valence-electron chi connectivity index (χ0n) is 9.04. The van der Waals surface area contributed by atoms with Gasteiger partial charge in [0, 0.05) is 31.4 Å². The number of hydrogen-bond donors (Lipinski definition) is 1. The zero-order valence-corrected chi connectivity index (χ0v) is 10.6. The monoisotopic (exact) mass is 301 g/mol. The van der Waals surface area contributed by atoms with Gasteiger partial charge >= 0.3 is 0 Å². The molecule has 0 radical (unpaired) electrons. The van der Waals surface area contributed by atoms with E-state index in [0.717, 1.165) is 11.6 Å². The molecule has 90 valence electrons. The van der Waals surface area contributed by atoms with E-state index in [-0.39, 0.29) is 10.2 Å². The van der Waals surface area contributed by atoms with Crippen molar-refractivity contribution in [1.82, 2.24) is 9.78 Å². The van der Waals surface area contributed by atoms with Gasteiger partial charge < -0.3 is 5.32 Å². The van der Waals surface area contributed by atoms with Crippen LogP contribution in [0.3, 0.4) is 0 Å². The van der Waals surface area contributed by atoms with Gasteiger partial charge in [0.2, 0.25) is 0 Å². The van der Waals surface area contributed by atoms with E-state index >= 15 is 0 Å². The largest absolute Gasteiger partial charge is 0.378 e. The highest BCUT2D eigenvalue weighted by Gasteiger charge is 2.08. The third kappa shape index (κ3) is 2.82. The van der Waals surface area contributed by atoms with Gasteiger partial charge in [0.1, 0.15) is 11.6 Å². The van der Waals surface area contributed by atoms with Crippen LogP contribution in [0, 0.1) is 11.6 Å². The summed E-state index contributed by atoms with van der Waals surface area (Å²) in [6, 6.07) is 2.22. The molecular weight excluding hydrogens is 292 g/mol. The second kappa shape index (κ2) is 4.83. The van der Waals surface area contributed by atoms with Gasteiger partial charge in [0.15, 0.2) is 0 Å². The Balaban J connectivity index is 2.11. The quantitative estimate of drug-likeness (QED) is 0.883. The summed E-state index contributed by atoms with van der Waals surface area (Å²) in [4.78, 5) is 0. The predicted octanol–water partition coefficient (Wildman–Crippen LogP) is 3.07. The molecule has 0 aliphatic rings. The number of nitrogens with zero attached hydrogens (tertiary/aromatic N) is 2. The average Bonchev–Trinajstić information content (AvgIpc) is 2.68. The molecule has 0 atom stereocenters. The highest BCUT2D eigenvalue weighted by molar-refractivity contribution is 9.10. The van der Waals surface area contributed by atoms with Gasteiger partial charge in [0.05, 0.1) is 16.4 Å². The van der Waals surface area contributed by atoms with Crippen LogP contribution in [0.2, 0.25) is 0 Å². The first kappa shape index (κ1) is 12.0. The van der Waals surface area contributed by atoms with E-state index in [4.69, 9.17) is 0 Å². The van der Waals surface area contributed by atoms with Crippen molar-refractivity contribution in [1.29, 1.82) is 0 Å². The van der Waals surface area contributed by atoms with Crippen LogP contribution in [0.1, 0.15) is 5.56 Å². The van der Waals surface area contributed by atoms with E-state index in [2.05, 4.69) is 26.3 Å². The van der Waals surface area contributed by atoms with Crippen LogP contribution in [0.25, 0.3) is 0 Å². The molecule has 6 heteroatoms. The van der Waals surface area contributed by atoms with Crippen LogP contribution in [0.4, 0.5) is 14.5 Å². The van der Waals surface area contributed by atoms with E-state index in [9.17, 15) is 8.78 Å². The van der Waals surface area contributed by atoms with Gasteiger partial charge in [-0.3, -0.25) is 4.68 Å². The summed E-state index contributed by atoms with van der Waals surface area (Å²) in [5.74, 6) is -1.23. The molecule has 0 aliphatic heterocycles. The van der Waals surface area contributed by atoms with Crippen LogP contribution in [-0.4, -0.2) is 9.78 Å². The Hall–Kier alpha value is -1.43.